The van der Waals surface area contributed by atoms with Gasteiger partial charge in [0, 0.05) is 24.4 Å². The number of nitrogens with zero attached hydrogens (tertiary/aromatic N) is 3. The minimum atomic E-state index is -0.414. The van der Waals surface area contributed by atoms with Crippen LogP contribution in [-0.4, -0.2) is 22.7 Å². The summed E-state index contributed by atoms with van der Waals surface area (Å²) in [4.78, 5) is 11.9. The van der Waals surface area contributed by atoms with E-state index in [0.29, 0.717) is 6.54 Å². The fourth-order valence-electron chi connectivity index (χ4n) is 2.77. The molecule has 134 valence electrons. The van der Waals surface area contributed by atoms with Crippen molar-refractivity contribution in [3.8, 4) is 17.3 Å². The van der Waals surface area contributed by atoms with E-state index in [1.807, 2.05) is 78.5 Å². The number of amides is 1. The Balaban J connectivity index is 2.06. The summed E-state index contributed by atoms with van der Waals surface area (Å²) in [6.07, 6.45) is 3.45. The van der Waals surface area contributed by atoms with Gasteiger partial charge in [-0.1, -0.05) is 60.2 Å². The molecule has 3 rings (SSSR count). The number of aromatic nitrogens is 2. The number of hydrogen-bond donors (Lipinski definition) is 1. The highest BCUT2D eigenvalue weighted by molar-refractivity contribution is 6.02. The van der Waals surface area contributed by atoms with Gasteiger partial charge in [-0.3, -0.25) is 9.48 Å². The van der Waals surface area contributed by atoms with E-state index in [-0.39, 0.29) is 5.57 Å². The summed E-state index contributed by atoms with van der Waals surface area (Å²) in [5.74, 6) is -0.414. The predicted molar refractivity (Wildman–Crippen MR) is 106 cm³/mol. The molecule has 0 aliphatic heterocycles. The van der Waals surface area contributed by atoms with Gasteiger partial charge >= 0.3 is 0 Å². The quantitative estimate of drug-likeness (QED) is 0.561. The van der Waals surface area contributed by atoms with Crippen LogP contribution < -0.4 is 5.32 Å². The molecule has 0 bridgehead atoms. The molecule has 5 nitrogen and oxygen atoms in total. The van der Waals surface area contributed by atoms with Crippen molar-refractivity contribution in [2.45, 2.75) is 13.5 Å². The number of aryl methyl sites for hydroxylation is 1. The van der Waals surface area contributed by atoms with Gasteiger partial charge in [0.05, 0.1) is 12.2 Å². The Kier molecular flexibility index (Phi) is 5.48. The first-order chi connectivity index (χ1) is 13.1. The van der Waals surface area contributed by atoms with Gasteiger partial charge in [-0.25, -0.2) is 0 Å². The SMILES string of the molecule is CNC(=O)/C(C#N)=C/c1cn(Cc2ccccc2)nc1-c1ccc(C)cc1. The number of carbonyl (C=O) groups is 1. The highest BCUT2D eigenvalue weighted by Crippen LogP contribution is 2.25. The van der Waals surface area contributed by atoms with Crippen LogP contribution in [0.15, 0.2) is 66.4 Å². The fourth-order valence-corrected chi connectivity index (χ4v) is 2.77. The van der Waals surface area contributed by atoms with Crippen molar-refractivity contribution in [1.29, 1.82) is 5.26 Å². The lowest BCUT2D eigenvalue weighted by Gasteiger charge is -2.02. The van der Waals surface area contributed by atoms with Gasteiger partial charge in [0.1, 0.15) is 11.6 Å². The van der Waals surface area contributed by atoms with Gasteiger partial charge in [0.25, 0.3) is 5.91 Å². The van der Waals surface area contributed by atoms with E-state index < -0.39 is 5.91 Å². The number of rotatable bonds is 5. The van der Waals surface area contributed by atoms with Crippen LogP contribution in [0.25, 0.3) is 17.3 Å². The Labute approximate surface area is 158 Å². The van der Waals surface area contributed by atoms with Crippen molar-refractivity contribution < 1.29 is 4.79 Å². The largest absolute Gasteiger partial charge is 0.354 e. The minimum absolute atomic E-state index is 0.0464. The Bertz CT molecular complexity index is 1010. The van der Waals surface area contributed by atoms with Gasteiger partial charge in [-0.2, -0.15) is 10.4 Å². The summed E-state index contributed by atoms with van der Waals surface area (Å²) in [6.45, 7) is 2.63. The van der Waals surface area contributed by atoms with E-state index in [0.717, 1.165) is 27.9 Å². The molecule has 0 aliphatic rings. The van der Waals surface area contributed by atoms with Gasteiger partial charge < -0.3 is 5.32 Å². The smallest absolute Gasteiger partial charge is 0.261 e. The Morgan fingerprint density at radius 1 is 1.19 bits per heavy atom. The summed E-state index contributed by atoms with van der Waals surface area (Å²) in [5.41, 5.74) is 4.73. The van der Waals surface area contributed by atoms with Crippen LogP contribution in [0.1, 0.15) is 16.7 Å². The minimum Gasteiger partial charge on any atom is -0.354 e. The summed E-state index contributed by atoms with van der Waals surface area (Å²) in [5, 5.41) is 16.5. The molecule has 27 heavy (non-hydrogen) atoms. The average Bonchev–Trinajstić information content (AvgIpc) is 3.09. The average molecular weight is 356 g/mol. The normalized spacial score (nSPS) is 11.1. The fraction of sp³-hybridized carbons (Fsp3) is 0.136. The van der Waals surface area contributed by atoms with E-state index in [9.17, 15) is 10.1 Å². The number of likely N-dealkylation sites (N-methyl/N-ethyl adjacent to an activating group) is 1. The molecule has 1 aromatic heterocycles. The molecule has 0 spiro atoms. The molecule has 1 heterocycles. The van der Waals surface area contributed by atoms with E-state index in [1.165, 1.54) is 7.05 Å². The molecule has 0 saturated heterocycles. The van der Waals surface area contributed by atoms with Crippen molar-refractivity contribution in [2.75, 3.05) is 7.05 Å². The molecule has 5 heteroatoms. The van der Waals surface area contributed by atoms with E-state index in [1.54, 1.807) is 6.08 Å². The maximum absolute atomic E-state index is 11.9. The molecule has 0 saturated carbocycles. The molecule has 0 atom stereocenters. The molecule has 1 amide bonds. The number of nitriles is 1. The lowest BCUT2D eigenvalue weighted by molar-refractivity contribution is -0.116. The van der Waals surface area contributed by atoms with Crippen molar-refractivity contribution in [3.05, 3.63) is 83.1 Å². The molecule has 3 aromatic rings. The van der Waals surface area contributed by atoms with Crippen LogP contribution in [0, 0.1) is 18.3 Å². The van der Waals surface area contributed by atoms with Crippen molar-refractivity contribution >= 4 is 12.0 Å². The first kappa shape index (κ1) is 18.2. The maximum atomic E-state index is 11.9. The van der Waals surface area contributed by atoms with Crippen LogP contribution in [-0.2, 0) is 11.3 Å². The molecule has 0 radical (unpaired) electrons. The third-order valence-corrected chi connectivity index (χ3v) is 4.19. The van der Waals surface area contributed by atoms with E-state index in [4.69, 9.17) is 5.10 Å². The lowest BCUT2D eigenvalue weighted by Crippen LogP contribution is -2.19. The van der Waals surface area contributed by atoms with Gasteiger partial charge in [0.15, 0.2) is 0 Å². The molecule has 0 aliphatic carbocycles. The third kappa shape index (κ3) is 4.31. The van der Waals surface area contributed by atoms with Crippen molar-refractivity contribution in [2.24, 2.45) is 0 Å². The van der Waals surface area contributed by atoms with Gasteiger partial charge in [-0.05, 0) is 18.6 Å². The second-order valence-electron chi connectivity index (χ2n) is 6.23. The molecule has 1 N–H and O–H groups in total. The van der Waals surface area contributed by atoms with Crippen LogP contribution in [0.3, 0.4) is 0 Å². The number of benzene rings is 2. The molecule has 2 aromatic carbocycles. The van der Waals surface area contributed by atoms with Crippen molar-refractivity contribution in [1.82, 2.24) is 15.1 Å². The molecule has 0 fully saturated rings. The maximum Gasteiger partial charge on any atom is 0.261 e. The molecular formula is C22H20N4O. The van der Waals surface area contributed by atoms with Crippen LogP contribution in [0.5, 0.6) is 0 Å². The number of hydrogen-bond acceptors (Lipinski definition) is 3. The Morgan fingerprint density at radius 3 is 2.52 bits per heavy atom. The van der Waals surface area contributed by atoms with Crippen LogP contribution in [0.4, 0.5) is 0 Å². The van der Waals surface area contributed by atoms with E-state index >= 15 is 0 Å². The molecule has 0 unspecified atom stereocenters. The highest BCUT2D eigenvalue weighted by atomic mass is 16.1. The zero-order valence-electron chi connectivity index (χ0n) is 15.3. The third-order valence-electron chi connectivity index (χ3n) is 4.19. The lowest BCUT2D eigenvalue weighted by atomic mass is 10.0. The monoisotopic (exact) mass is 356 g/mol. The first-order valence-corrected chi connectivity index (χ1v) is 8.63. The highest BCUT2D eigenvalue weighted by Gasteiger charge is 2.14. The van der Waals surface area contributed by atoms with Crippen LogP contribution >= 0.6 is 0 Å². The molecular weight excluding hydrogens is 336 g/mol. The Hall–Kier alpha value is -3.65. The topological polar surface area (TPSA) is 70.7 Å². The van der Waals surface area contributed by atoms with Gasteiger partial charge in [0.2, 0.25) is 0 Å². The van der Waals surface area contributed by atoms with Crippen LogP contribution in [0.2, 0.25) is 0 Å². The zero-order chi connectivity index (χ0) is 19.2. The number of nitrogens with one attached hydrogen (secondary N) is 1. The Morgan fingerprint density at radius 2 is 1.89 bits per heavy atom. The standard InChI is InChI=1S/C22H20N4O/c1-16-8-10-18(11-9-16)21-20(12-19(13-23)22(27)24-2)15-26(25-21)14-17-6-4-3-5-7-17/h3-12,15H,14H2,1-2H3,(H,24,27)/b19-12+. The zero-order valence-corrected chi connectivity index (χ0v) is 15.3. The second-order valence-corrected chi connectivity index (χ2v) is 6.23. The van der Waals surface area contributed by atoms with Crippen molar-refractivity contribution in [3.63, 3.8) is 0 Å². The summed E-state index contributed by atoms with van der Waals surface area (Å²) < 4.78 is 1.83. The van der Waals surface area contributed by atoms with E-state index in [2.05, 4.69) is 5.32 Å². The second kappa shape index (κ2) is 8.15. The first-order valence-electron chi connectivity index (χ1n) is 8.63. The van der Waals surface area contributed by atoms with Gasteiger partial charge in [-0.15, -0.1) is 0 Å². The number of carbonyl (C=O) groups excluding carboxylic acids is 1. The summed E-state index contributed by atoms with van der Waals surface area (Å²) in [7, 11) is 1.51. The summed E-state index contributed by atoms with van der Waals surface area (Å²) >= 11 is 0. The summed E-state index contributed by atoms with van der Waals surface area (Å²) in [6, 6.07) is 20.0. The predicted octanol–water partition coefficient (Wildman–Crippen LogP) is 3.56.